The molecule has 1 aliphatic carbocycles. The Morgan fingerprint density at radius 1 is 1.22 bits per heavy atom. The molecule has 2 aromatic rings. The lowest BCUT2D eigenvalue weighted by atomic mass is 10.0. The second kappa shape index (κ2) is 7.21. The average molecular weight is 314 g/mol. The maximum Gasteiger partial charge on any atom is 0.319 e. The number of amides is 2. The van der Waals surface area contributed by atoms with Crippen LogP contribution in [0.2, 0.25) is 0 Å². The quantitative estimate of drug-likeness (QED) is 0.853. The van der Waals surface area contributed by atoms with Crippen LogP contribution in [0.3, 0.4) is 0 Å². The molecular formula is C16H22N6O. The second-order valence-electron chi connectivity index (χ2n) is 6.13. The Labute approximate surface area is 135 Å². The summed E-state index contributed by atoms with van der Waals surface area (Å²) in [5.74, 6) is 1.23. The van der Waals surface area contributed by atoms with E-state index in [1.165, 1.54) is 23.9 Å². The lowest BCUT2D eigenvalue weighted by Crippen LogP contribution is -2.37. The van der Waals surface area contributed by atoms with Gasteiger partial charge in [0, 0.05) is 18.4 Å². The van der Waals surface area contributed by atoms with Gasteiger partial charge in [0.05, 0.1) is 18.1 Å². The van der Waals surface area contributed by atoms with Crippen LogP contribution in [0.15, 0.2) is 30.9 Å². The van der Waals surface area contributed by atoms with Gasteiger partial charge < -0.3 is 10.6 Å². The van der Waals surface area contributed by atoms with Crippen molar-refractivity contribution in [1.82, 2.24) is 25.1 Å². The highest BCUT2D eigenvalue weighted by Crippen LogP contribution is 2.22. The van der Waals surface area contributed by atoms with Crippen molar-refractivity contribution in [1.29, 1.82) is 0 Å². The van der Waals surface area contributed by atoms with Crippen molar-refractivity contribution in [2.75, 3.05) is 5.32 Å². The maximum atomic E-state index is 12.1. The van der Waals surface area contributed by atoms with E-state index in [4.69, 9.17) is 0 Å². The topological polar surface area (TPSA) is 84.7 Å². The van der Waals surface area contributed by atoms with Gasteiger partial charge in [0.15, 0.2) is 0 Å². The molecule has 2 N–H and O–H groups in total. The van der Waals surface area contributed by atoms with E-state index in [0.29, 0.717) is 11.6 Å². The Morgan fingerprint density at radius 2 is 2.04 bits per heavy atom. The molecule has 7 nitrogen and oxygen atoms in total. The van der Waals surface area contributed by atoms with Gasteiger partial charge in [-0.25, -0.2) is 19.4 Å². The van der Waals surface area contributed by atoms with Crippen molar-refractivity contribution in [2.45, 2.75) is 45.1 Å². The minimum atomic E-state index is -0.182. The monoisotopic (exact) mass is 314 g/mol. The minimum absolute atomic E-state index is 0.182. The van der Waals surface area contributed by atoms with Crippen LogP contribution >= 0.6 is 0 Å². The number of rotatable bonds is 3. The van der Waals surface area contributed by atoms with E-state index in [2.05, 4.69) is 32.6 Å². The summed E-state index contributed by atoms with van der Waals surface area (Å²) in [6.45, 7) is 2.28. The average Bonchev–Trinajstić information content (AvgIpc) is 2.92. The third-order valence-electron chi connectivity index (χ3n) is 4.19. The molecule has 2 heterocycles. The number of hydrogen-bond acceptors (Lipinski definition) is 4. The Bertz CT molecular complexity index is 641. The summed E-state index contributed by atoms with van der Waals surface area (Å²) in [5, 5.41) is 10.0. The van der Waals surface area contributed by atoms with Crippen molar-refractivity contribution in [2.24, 2.45) is 5.92 Å². The molecule has 7 heteroatoms. The first-order chi connectivity index (χ1) is 11.2. The Hall–Kier alpha value is -2.44. The zero-order valence-electron chi connectivity index (χ0n) is 13.3. The van der Waals surface area contributed by atoms with Gasteiger partial charge in [-0.2, -0.15) is 5.10 Å². The molecule has 0 aromatic carbocycles. The van der Waals surface area contributed by atoms with E-state index in [-0.39, 0.29) is 12.1 Å². The molecule has 23 heavy (non-hydrogen) atoms. The van der Waals surface area contributed by atoms with Crippen LogP contribution in [-0.4, -0.2) is 31.8 Å². The fourth-order valence-corrected chi connectivity index (χ4v) is 2.89. The molecule has 0 aliphatic heterocycles. The molecule has 0 bridgehead atoms. The van der Waals surface area contributed by atoms with Crippen LogP contribution in [0.4, 0.5) is 10.5 Å². The molecule has 2 amide bonds. The molecule has 1 saturated carbocycles. The van der Waals surface area contributed by atoms with Gasteiger partial charge >= 0.3 is 6.03 Å². The SMILES string of the molecule is C[C@@H]1CCC[C@H](NC(=O)Nc2cnn(-c3ncccn3)c2)CC1. The lowest BCUT2D eigenvalue weighted by molar-refractivity contribution is 0.247. The summed E-state index contributed by atoms with van der Waals surface area (Å²) < 4.78 is 1.53. The molecule has 2 atom stereocenters. The first-order valence-corrected chi connectivity index (χ1v) is 8.10. The lowest BCUT2D eigenvalue weighted by Gasteiger charge is -2.16. The molecule has 0 unspecified atom stereocenters. The van der Waals surface area contributed by atoms with Crippen molar-refractivity contribution in [3.05, 3.63) is 30.9 Å². The molecule has 0 saturated heterocycles. The Balaban J connectivity index is 1.55. The molecule has 122 valence electrons. The van der Waals surface area contributed by atoms with Crippen LogP contribution in [0, 0.1) is 5.92 Å². The molecule has 3 rings (SSSR count). The number of carbonyl (C=O) groups excluding carboxylic acids is 1. The number of nitrogens with zero attached hydrogens (tertiary/aromatic N) is 4. The summed E-state index contributed by atoms with van der Waals surface area (Å²) in [6.07, 6.45) is 12.3. The van der Waals surface area contributed by atoms with Crippen LogP contribution in [0.5, 0.6) is 0 Å². The molecule has 1 aliphatic rings. The van der Waals surface area contributed by atoms with Gasteiger partial charge in [-0.3, -0.25) is 0 Å². The first kappa shape index (κ1) is 15.5. The predicted octanol–water partition coefficient (Wildman–Crippen LogP) is 2.75. The standard InChI is InChI=1S/C16H22N6O/c1-12-4-2-5-13(7-6-12)20-16(23)21-14-10-19-22(11-14)15-17-8-3-9-18-15/h3,8-13H,2,4-7H2,1H3,(H2,20,21,23)/t12-,13+/m1/s1. The molecule has 1 fully saturated rings. The van der Waals surface area contributed by atoms with Gasteiger partial charge in [-0.05, 0) is 31.2 Å². The van der Waals surface area contributed by atoms with Crippen molar-refractivity contribution < 1.29 is 4.79 Å². The van der Waals surface area contributed by atoms with Crippen LogP contribution in [-0.2, 0) is 0 Å². The Kier molecular flexibility index (Phi) is 4.85. The van der Waals surface area contributed by atoms with Crippen LogP contribution < -0.4 is 10.6 Å². The number of anilines is 1. The molecule has 2 aromatic heterocycles. The number of carbonyl (C=O) groups is 1. The minimum Gasteiger partial charge on any atom is -0.335 e. The summed E-state index contributed by atoms with van der Waals surface area (Å²) in [7, 11) is 0. The van der Waals surface area contributed by atoms with E-state index >= 15 is 0 Å². The zero-order chi connectivity index (χ0) is 16.1. The predicted molar refractivity (Wildman–Crippen MR) is 87.3 cm³/mol. The third-order valence-corrected chi connectivity index (χ3v) is 4.19. The fraction of sp³-hybridized carbons (Fsp3) is 0.500. The van der Waals surface area contributed by atoms with Crippen LogP contribution in [0.25, 0.3) is 5.95 Å². The van der Waals surface area contributed by atoms with Crippen molar-refractivity contribution >= 4 is 11.7 Å². The van der Waals surface area contributed by atoms with E-state index in [0.717, 1.165) is 18.8 Å². The summed E-state index contributed by atoms with van der Waals surface area (Å²) >= 11 is 0. The highest BCUT2D eigenvalue weighted by molar-refractivity contribution is 5.89. The highest BCUT2D eigenvalue weighted by Gasteiger charge is 2.18. The Morgan fingerprint density at radius 3 is 2.87 bits per heavy atom. The third kappa shape index (κ3) is 4.28. The number of nitrogens with one attached hydrogen (secondary N) is 2. The molecular weight excluding hydrogens is 292 g/mol. The van der Waals surface area contributed by atoms with E-state index in [9.17, 15) is 4.79 Å². The van der Waals surface area contributed by atoms with Crippen LogP contribution in [0.1, 0.15) is 39.0 Å². The highest BCUT2D eigenvalue weighted by atomic mass is 16.2. The van der Waals surface area contributed by atoms with E-state index < -0.39 is 0 Å². The maximum absolute atomic E-state index is 12.1. The van der Waals surface area contributed by atoms with E-state index in [1.54, 1.807) is 30.9 Å². The summed E-state index contributed by atoms with van der Waals surface area (Å²) in [4.78, 5) is 20.4. The summed E-state index contributed by atoms with van der Waals surface area (Å²) in [6, 6.07) is 1.82. The van der Waals surface area contributed by atoms with Crippen molar-refractivity contribution in [3.63, 3.8) is 0 Å². The van der Waals surface area contributed by atoms with Gasteiger partial charge in [-0.1, -0.05) is 19.8 Å². The van der Waals surface area contributed by atoms with Gasteiger partial charge in [0.2, 0.25) is 5.95 Å². The van der Waals surface area contributed by atoms with Gasteiger partial charge in [0.25, 0.3) is 0 Å². The number of urea groups is 1. The van der Waals surface area contributed by atoms with Crippen molar-refractivity contribution in [3.8, 4) is 5.95 Å². The zero-order valence-corrected chi connectivity index (χ0v) is 13.3. The molecule has 0 radical (unpaired) electrons. The number of hydrogen-bond donors (Lipinski definition) is 2. The molecule has 0 spiro atoms. The van der Waals surface area contributed by atoms with E-state index in [1.807, 2.05) is 0 Å². The second-order valence-corrected chi connectivity index (χ2v) is 6.13. The van der Waals surface area contributed by atoms with Gasteiger partial charge in [0.1, 0.15) is 0 Å². The fourth-order valence-electron chi connectivity index (χ4n) is 2.89. The smallest absolute Gasteiger partial charge is 0.319 e. The largest absolute Gasteiger partial charge is 0.335 e. The summed E-state index contributed by atoms with van der Waals surface area (Å²) in [5.41, 5.74) is 0.622. The first-order valence-electron chi connectivity index (χ1n) is 8.10. The van der Waals surface area contributed by atoms with Gasteiger partial charge in [-0.15, -0.1) is 0 Å². The normalized spacial score (nSPS) is 21.4. The number of aromatic nitrogens is 4.